The minimum atomic E-state index is -0.434. The Kier molecular flexibility index (Phi) is 2.57. The van der Waals surface area contributed by atoms with Gasteiger partial charge in [0.05, 0.1) is 5.69 Å². The lowest BCUT2D eigenvalue weighted by molar-refractivity contribution is -0.125. The second-order valence-corrected chi connectivity index (χ2v) is 4.35. The van der Waals surface area contributed by atoms with Crippen LogP contribution in [-0.4, -0.2) is 12.0 Å². The van der Waals surface area contributed by atoms with Gasteiger partial charge in [-0.3, -0.25) is 4.79 Å². The van der Waals surface area contributed by atoms with Crippen molar-refractivity contribution in [3.63, 3.8) is 0 Å². The molecular weight excluding hydrogens is 214 g/mol. The van der Waals surface area contributed by atoms with Gasteiger partial charge in [0.2, 0.25) is 0 Å². The summed E-state index contributed by atoms with van der Waals surface area (Å²) in [6.07, 6.45) is -0.434. The van der Waals surface area contributed by atoms with E-state index in [1.807, 2.05) is 13.8 Å². The highest BCUT2D eigenvalue weighted by Gasteiger charge is 2.29. The lowest BCUT2D eigenvalue weighted by Crippen LogP contribution is -2.40. The third kappa shape index (κ3) is 1.92. The van der Waals surface area contributed by atoms with E-state index in [1.165, 1.54) is 0 Å². The predicted molar refractivity (Wildman–Crippen MR) is 59.3 cm³/mol. The second kappa shape index (κ2) is 3.74. The molecule has 80 valence electrons. The molecule has 1 atom stereocenters. The molecule has 2 rings (SSSR count). The Morgan fingerprint density at radius 2 is 2.20 bits per heavy atom. The molecule has 1 aromatic rings. The van der Waals surface area contributed by atoms with Gasteiger partial charge in [0.15, 0.2) is 6.10 Å². The first kappa shape index (κ1) is 10.3. The predicted octanol–water partition coefficient (Wildman–Crippen LogP) is 2.70. The lowest BCUT2D eigenvalue weighted by Gasteiger charge is -2.28. The maximum Gasteiger partial charge on any atom is 0.265 e. The first-order valence-electron chi connectivity index (χ1n) is 4.85. The molecule has 0 aromatic heterocycles. The number of hydrogen-bond acceptors (Lipinski definition) is 2. The number of fused-ring (bicyclic) bond motifs is 1. The van der Waals surface area contributed by atoms with Gasteiger partial charge in [-0.15, -0.1) is 0 Å². The van der Waals surface area contributed by atoms with Gasteiger partial charge in [-0.1, -0.05) is 25.4 Å². The summed E-state index contributed by atoms with van der Waals surface area (Å²) in [6, 6.07) is 5.18. The molecular formula is C11H12ClNO2. The Morgan fingerprint density at radius 1 is 1.47 bits per heavy atom. The molecule has 1 aliphatic heterocycles. The molecule has 0 fully saturated rings. The molecule has 0 radical (unpaired) electrons. The van der Waals surface area contributed by atoms with Gasteiger partial charge in [0.25, 0.3) is 5.91 Å². The van der Waals surface area contributed by atoms with Gasteiger partial charge in [-0.05, 0) is 18.1 Å². The van der Waals surface area contributed by atoms with Crippen molar-refractivity contribution in [2.45, 2.75) is 20.0 Å². The number of benzene rings is 1. The Bertz CT molecular complexity index is 404. The fourth-order valence-electron chi connectivity index (χ4n) is 1.53. The number of hydrogen-bond donors (Lipinski definition) is 1. The number of halogens is 1. The first-order chi connectivity index (χ1) is 7.08. The molecule has 15 heavy (non-hydrogen) atoms. The molecule has 4 heteroatoms. The molecule has 0 saturated heterocycles. The summed E-state index contributed by atoms with van der Waals surface area (Å²) in [7, 11) is 0. The summed E-state index contributed by atoms with van der Waals surface area (Å²) in [5.41, 5.74) is 0.682. The molecule has 3 nitrogen and oxygen atoms in total. The molecule has 0 bridgehead atoms. The van der Waals surface area contributed by atoms with Gasteiger partial charge in [-0.25, -0.2) is 0 Å². The quantitative estimate of drug-likeness (QED) is 0.798. The standard InChI is InChI=1S/C11H12ClNO2/c1-6(2)10-11(14)13-8-4-3-7(12)5-9(8)15-10/h3-6,10H,1-2H3,(H,13,14). The van der Waals surface area contributed by atoms with Crippen LogP contribution in [0.3, 0.4) is 0 Å². The van der Waals surface area contributed by atoms with Gasteiger partial charge >= 0.3 is 0 Å². The largest absolute Gasteiger partial charge is 0.478 e. The highest BCUT2D eigenvalue weighted by atomic mass is 35.5. The van der Waals surface area contributed by atoms with Crippen LogP contribution in [-0.2, 0) is 4.79 Å². The summed E-state index contributed by atoms with van der Waals surface area (Å²) in [5.74, 6) is 0.678. The van der Waals surface area contributed by atoms with Crippen LogP contribution in [0, 0.1) is 5.92 Å². The maximum atomic E-state index is 11.6. The van der Waals surface area contributed by atoms with Crippen molar-refractivity contribution in [3.05, 3.63) is 23.2 Å². The fourth-order valence-corrected chi connectivity index (χ4v) is 1.69. The fraction of sp³-hybridized carbons (Fsp3) is 0.364. The Balaban J connectivity index is 2.34. The van der Waals surface area contributed by atoms with Crippen LogP contribution in [0.1, 0.15) is 13.8 Å². The summed E-state index contributed by atoms with van der Waals surface area (Å²) in [5, 5.41) is 3.40. The topological polar surface area (TPSA) is 38.3 Å². The number of anilines is 1. The minimum Gasteiger partial charge on any atom is -0.478 e. The van der Waals surface area contributed by atoms with Crippen molar-refractivity contribution < 1.29 is 9.53 Å². The van der Waals surface area contributed by atoms with E-state index in [0.29, 0.717) is 16.5 Å². The molecule has 0 saturated carbocycles. The summed E-state index contributed by atoms with van der Waals surface area (Å²) >= 11 is 5.85. The van der Waals surface area contributed by atoms with E-state index in [1.54, 1.807) is 18.2 Å². The number of carbonyl (C=O) groups excluding carboxylic acids is 1. The SMILES string of the molecule is CC(C)C1Oc2cc(Cl)ccc2NC1=O. The van der Waals surface area contributed by atoms with E-state index in [9.17, 15) is 4.79 Å². The van der Waals surface area contributed by atoms with Gasteiger partial charge in [0.1, 0.15) is 5.75 Å². The highest BCUT2D eigenvalue weighted by molar-refractivity contribution is 6.30. The Morgan fingerprint density at radius 3 is 2.87 bits per heavy atom. The zero-order valence-corrected chi connectivity index (χ0v) is 9.34. The average Bonchev–Trinajstić information content (AvgIpc) is 2.17. The van der Waals surface area contributed by atoms with E-state index in [-0.39, 0.29) is 11.8 Å². The van der Waals surface area contributed by atoms with Crippen molar-refractivity contribution in [2.75, 3.05) is 5.32 Å². The molecule has 1 aromatic carbocycles. The van der Waals surface area contributed by atoms with E-state index >= 15 is 0 Å². The highest BCUT2D eigenvalue weighted by Crippen LogP contribution is 2.33. The summed E-state index contributed by atoms with van der Waals surface area (Å²) in [6.45, 7) is 3.89. The molecule has 1 N–H and O–H groups in total. The van der Waals surface area contributed by atoms with E-state index in [4.69, 9.17) is 16.3 Å². The van der Waals surface area contributed by atoms with Crippen LogP contribution in [0.5, 0.6) is 5.75 Å². The zero-order valence-electron chi connectivity index (χ0n) is 8.58. The van der Waals surface area contributed by atoms with Crippen LogP contribution < -0.4 is 10.1 Å². The smallest absolute Gasteiger partial charge is 0.265 e. The van der Waals surface area contributed by atoms with Crippen LogP contribution in [0.2, 0.25) is 5.02 Å². The van der Waals surface area contributed by atoms with E-state index in [0.717, 1.165) is 0 Å². The van der Waals surface area contributed by atoms with Crippen LogP contribution >= 0.6 is 11.6 Å². The zero-order chi connectivity index (χ0) is 11.0. The molecule has 1 aliphatic rings. The van der Waals surface area contributed by atoms with E-state index < -0.39 is 6.10 Å². The van der Waals surface area contributed by atoms with Crippen molar-refractivity contribution in [1.82, 2.24) is 0 Å². The van der Waals surface area contributed by atoms with Gasteiger partial charge in [-0.2, -0.15) is 0 Å². The maximum absolute atomic E-state index is 11.6. The third-order valence-electron chi connectivity index (χ3n) is 2.32. The van der Waals surface area contributed by atoms with Crippen LogP contribution in [0.4, 0.5) is 5.69 Å². The number of ether oxygens (including phenoxy) is 1. The van der Waals surface area contributed by atoms with E-state index in [2.05, 4.69) is 5.32 Å². The molecule has 0 aliphatic carbocycles. The number of carbonyl (C=O) groups is 1. The number of rotatable bonds is 1. The third-order valence-corrected chi connectivity index (χ3v) is 2.55. The van der Waals surface area contributed by atoms with Gasteiger partial charge in [0, 0.05) is 11.1 Å². The Hall–Kier alpha value is -1.22. The molecule has 0 spiro atoms. The second-order valence-electron chi connectivity index (χ2n) is 3.91. The normalized spacial score (nSPS) is 19.5. The first-order valence-corrected chi connectivity index (χ1v) is 5.23. The number of nitrogens with one attached hydrogen (secondary N) is 1. The van der Waals surface area contributed by atoms with Gasteiger partial charge < -0.3 is 10.1 Å². The monoisotopic (exact) mass is 225 g/mol. The molecule has 1 heterocycles. The van der Waals surface area contributed by atoms with Crippen molar-refractivity contribution in [3.8, 4) is 5.75 Å². The summed E-state index contributed by atoms with van der Waals surface area (Å²) < 4.78 is 5.59. The van der Waals surface area contributed by atoms with Crippen LogP contribution in [0.15, 0.2) is 18.2 Å². The number of amides is 1. The lowest BCUT2D eigenvalue weighted by atomic mass is 10.0. The Labute approximate surface area is 93.4 Å². The van der Waals surface area contributed by atoms with Crippen molar-refractivity contribution in [1.29, 1.82) is 0 Å². The van der Waals surface area contributed by atoms with Crippen molar-refractivity contribution >= 4 is 23.2 Å². The average molecular weight is 226 g/mol. The summed E-state index contributed by atoms with van der Waals surface area (Å²) in [4.78, 5) is 11.6. The van der Waals surface area contributed by atoms with Crippen molar-refractivity contribution in [2.24, 2.45) is 5.92 Å². The minimum absolute atomic E-state index is 0.0974. The molecule has 1 amide bonds. The van der Waals surface area contributed by atoms with Crippen LogP contribution in [0.25, 0.3) is 0 Å². The molecule has 1 unspecified atom stereocenters.